The summed E-state index contributed by atoms with van der Waals surface area (Å²) in [6, 6.07) is 13.1. The predicted molar refractivity (Wildman–Crippen MR) is 102 cm³/mol. The van der Waals surface area contributed by atoms with Gasteiger partial charge in [-0.2, -0.15) is 0 Å². The van der Waals surface area contributed by atoms with Crippen molar-refractivity contribution >= 4 is 18.1 Å². The van der Waals surface area contributed by atoms with Crippen molar-refractivity contribution in [2.24, 2.45) is 5.73 Å². The van der Waals surface area contributed by atoms with Crippen LogP contribution in [-0.2, 0) is 20.8 Å². The molecule has 0 aromatic heterocycles. The molecule has 2 amide bonds. The summed E-state index contributed by atoms with van der Waals surface area (Å²) in [7, 11) is 0. The summed E-state index contributed by atoms with van der Waals surface area (Å²) in [5.41, 5.74) is 8.16. The number of hydrogen-bond acceptors (Lipinski definition) is 5. The van der Waals surface area contributed by atoms with Gasteiger partial charge in [0, 0.05) is 6.42 Å². The fraction of sp³-hybridized carbons (Fsp3) is 0.250. The molecule has 7 nitrogen and oxygen atoms in total. The van der Waals surface area contributed by atoms with Gasteiger partial charge in [-0.3, -0.25) is 14.9 Å². The number of hydrogen-bond donors (Lipinski definition) is 4. The van der Waals surface area contributed by atoms with Gasteiger partial charge >= 0.3 is 0 Å². The molecule has 0 saturated heterocycles. The van der Waals surface area contributed by atoms with Gasteiger partial charge < -0.3 is 21.0 Å². The van der Waals surface area contributed by atoms with E-state index in [-0.39, 0.29) is 18.7 Å². The van der Waals surface area contributed by atoms with Crippen LogP contribution >= 0.6 is 0 Å². The lowest BCUT2D eigenvalue weighted by Crippen LogP contribution is -2.49. The maximum Gasteiger partial charge on any atom is 0.240 e. The number of aromatic hydroxyl groups is 1. The quantitative estimate of drug-likeness (QED) is 0.486. The van der Waals surface area contributed by atoms with Gasteiger partial charge in [0.2, 0.25) is 11.8 Å². The Bertz CT molecular complexity index is 788. The molecule has 0 spiro atoms. The van der Waals surface area contributed by atoms with Gasteiger partial charge in [0.15, 0.2) is 0 Å². The van der Waals surface area contributed by atoms with E-state index < -0.39 is 23.9 Å². The number of rotatable bonds is 9. The number of nitrogens with one attached hydrogen (secondary N) is 2. The molecular weight excluding hydrogens is 346 g/mol. The van der Waals surface area contributed by atoms with Gasteiger partial charge in [-0.05, 0) is 35.7 Å². The maximum atomic E-state index is 11.9. The SMILES string of the molecule is CC(C=O)NCC(=O)NC(Cc1ccc(-c2ccc(O)cc2)cc1)C(N)=O. The van der Waals surface area contributed by atoms with Crippen molar-refractivity contribution in [3.8, 4) is 16.9 Å². The van der Waals surface area contributed by atoms with Crippen LogP contribution in [0.4, 0.5) is 0 Å². The third-order valence-corrected chi connectivity index (χ3v) is 4.06. The summed E-state index contributed by atoms with van der Waals surface area (Å²) in [5, 5.41) is 14.7. The fourth-order valence-electron chi connectivity index (χ4n) is 2.49. The number of carbonyl (C=O) groups is 3. The Kier molecular flexibility index (Phi) is 7.08. The van der Waals surface area contributed by atoms with Gasteiger partial charge in [-0.1, -0.05) is 36.4 Å². The third kappa shape index (κ3) is 6.23. The molecule has 0 radical (unpaired) electrons. The highest BCUT2D eigenvalue weighted by atomic mass is 16.3. The van der Waals surface area contributed by atoms with Crippen molar-refractivity contribution in [1.29, 1.82) is 0 Å². The second kappa shape index (κ2) is 9.49. The van der Waals surface area contributed by atoms with Gasteiger partial charge in [-0.15, -0.1) is 0 Å². The number of amides is 2. The number of primary amides is 1. The summed E-state index contributed by atoms with van der Waals surface area (Å²) in [4.78, 5) is 34.1. The molecule has 2 aromatic carbocycles. The van der Waals surface area contributed by atoms with Crippen LogP contribution in [0.2, 0.25) is 0 Å². The first-order valence-corrected chi connectivity index (χ1v) is 8.54. The molecule has 2 atom stereocenters. The van der Waals surface area contributed by atoms with Crippen LogP contribution in [0, 0.1) is 0 Å². The normalized spacial score (nSPS) is 12.8. The highest BCUT2D eigenvalue weighted by Gasteiger charge is 2.18. The van der Waals surface area contributed by atoms with Crippen molar-refractivity contribution < 1.29 is 19.5 Å². The summed E-state index contributed by atoms with van der Waals surface area (Å²) in [5.74, 6) is -0.838. The molecule has 0 saturated carbocycles. The Balaban J connectivity index is 1.99. The van der Waals surface area contributed by atoms with Crippen LogP contribution in [0.3, 0.4) is 0 Å². The first-order valence-electron chi connectivity index (χ1n) is 8.54. The van der Waals surface area contributed by atoms with Crippen LogP contribution in [0.15, 0.2) is 48.5 Å². The van der Waals surface area contributed by atoms with Crippen molar-refractivity contribution in [1.82, 2.24) is 10.6 Å². The number of phenols is 1. The Hall–Kier alpha value is -3.19. The zero-order valence-electron chi connectivity index (χ0n) is 15.0. The molecule has 7 heteroatoms. The van der Waals surface area contributed by atoms with Crippen LogP contribution in [0.25, 0.3) is 11.1 Å². The van der Waals surface area contributed by atoms with Crippen molar-refractivity contribution in [3.05, 3.63) is 54.1 Å². The number of aldehydes is 1. The van der Waals surface area contributed by atoms with Gasteiger partial charge in [-0.25, -0.2) is 0 Å². The smallest absolute Gasteiger partial charge is 0.240 e. The molecule has 0 bridgehead atoms. The average molecular weight is 369 g/mol. The van der Waals surface area contributed by atoms with Crippen LogP contribution in [-0.4, -0.2) is 41.8 Å². The van der Waals surface area contributed by atoms with Crippen molar-refractivity contribution in [3.63, 3.8) is 0 Å². The van der Waals surface area contributed by atoms with E-state index in [9.17, 15) is 19.5 Å². The summed E-state index contributed by atoms with van der Waals surface area (Å²) >= 11 is 0. The van der Waals surface area contributed by atoms with Gasteiger partial charge in [0.05, 0.1) is 12.6 Å². The first kappa shape index (κ1) is 20.1. The van der Waals surface area contributed by atoms with E-state index in [1.54, 1.807) is 19.1 Å². The molecular formula is C20H23N3O4. The molecule has 0 aliphatic heterocycles. The Morgan fingerprint density at radius 2 is 1.63 bits per heavy atom. The predicted octanol–water partition coefficient (Wildman–Crippen LogP) is 0.749. The van der Waals surface area contributed by atoms with E-state index in [1.807, 2.05) is 36.4 Å². The number of benzene rings is 2. The van der Waals surface area contributed by atoms with E-state index in [2.05, 4.69) is 10.6 Å². The number of phenolic OH excluding ortho intramolecular Hbond substituents is 1. The van der Waals surface area contributed by atoms with E-state index >= 15 is 0 Å². The van der Waals surface area contributed by atoms with E-state index in [0.29, 0.717) is 6.29 Å². The zero-order valence-corrected chi connectivity index (χ0v) is 15.0. The summed E-state index contributed by atoms with van der Waals surface area (Å²) < 4.78 is 0. The largest absolute Gasteiger partial charge is 0.508 e. The number of nitrogens with two attached hydrogens (primary N) is 1. The molecule has 27 heavy (non-hydrogen) atoms. The van der Waals surface area contributed by atoms with Crippen molar-refractivity contribution in [2.45, 2.75) is 25.4 Å². The molecule has 0 aliphatic carbocycles. The van der Waals surface area contributed by atoms with E-state index in [4.69, 9.17) is 5.73 Å². The molecule has 2 rings (SSSR count). The number of carbonyl (C=O) groups excluding carboxylic acids is 3. The van der Waals surface area contributed by atoms with Crippen LogP contribution in [0.1, 0.15) is 12.5 Å². The zero-order chi connectivity index (χ0) is 19.8. The highest BCUT2D eigenvalue weighted by Crippen LogP contribution is 2.22. The lowest BCUT2D eigenvalue weighted by molar-refractivity contribution is -0.127. The molecule has 5 N–H and O–H groups in total. The minimum absolute atomic E-state index is 0.0799. The molecule has 0 fully saturated rings. The topological polar surface area (TPSA) is 122 Å². The maximum absolute atomic E-state index is 11.9. The molecule has 0 aliphatic rings. The lowest BCUT2D eigenvalue weighted by atomic mass is 10.0. The minimum Gasteiger partial charge on any atom is -0.508 e. The molecule has 0 heterocycles. The minimum atomic E-state index is -0.842. The Morgan fingerprint density at radius 3 is 2.15 bits per heavy atom. The molecule has 142 valence electrons. The van der Waals surface area contributed by atoms with Crippen LogP contribution < -0.4 is 16.4 Å². The summed E-state index contributed by atoms with van der Waals surface area (Å²) in [6.45, 7) is 1.55. The Labute approximate surface area is 157 Å². The third-order valence-electron chi connectivity index (χ3n) is 4.06. The fourth-order valence-corrected chi connectivity index (χ4v) is 2.49. The van der Waals surface area contributed by atoms with Crippen molar-refractivity contribution in [2.75, 3.05) is 6.54 Å². The second-order valence-corrected chi connectivity index (χ2v) is 6.28. The van der Waals surface area contributed by atoms with Gasteiger partial charge in [0.25, 0.3) is 0 Å². The second-order valence-electron chi connectivity index (χ2n) is 6.28. The first-order chi connectivity index (χ1) is 12.9. The standard InChI is InChI=1S/C20H23N3O4/c1-13(12-24)22-11-19(26)23-18(20(21)27)10-14-2-4-15(5-3-14)16-6-8-17(25)9-7-16/h2-9,12-13,18,22,25H,10-11H2,1H3,(H2,21,27)(H,23,26). The summed E-state index contributed by atoms with van der Waals surface area (Å²) in [6.07, 6.45) is 0.953. The molecule has 2 aromatic rings. The molecule has 2 unspecified atom stereocenters. The Morgan fingerprint density at radius 1 is 1.07 bits per heavy atom. The highest BCUT2D eigenvalue weighted by molar-refractivity contribution is 5.87. The average Bonchev–Trinajstić information content (AvgIpc) is 2.66. The van der Waals surface area contributed by atoms with Crippen LogP contribution in [0.5, 0.6) is 5.75 Å². The van der Waals surface area contributed by atoms with E-state index in [0.717, 1.165) is 16.7 Å². The monoisotopic (exact) mass is 369 g/mol. The van der Waals surface area contributed by atoms with Gasteiger partial charge in [0.1, 0.15) is 18.1 Å². The lowest BCUT2D eigenvalue weighted by Gasteiger charge is -2.16. The van der Waals surface area contributed by atoms with E-state index in [1.165, 1.54) is 0 Å².